The van der Waals surface area contributed by atoms with Gasteiger partial charge in [-0.25, -0.2) is 4.98 Å². The first-order valence-corrected chi connectivity index (χ1v) is 4.41. The van der Waals surface area contributed by atoms with Crippen LogP contribution >= 0.6 is 0 Å². The molecule has 1 aromatic rings. The Bertz CT molecular complexity index is 381. The normalized spacial score (nSPS) is 15.7. The van der Waals surface area contributed by atoms with Crippen LogP contribution < -0.4 is 10.1 Å². The van der Waals surface area contributed by atoms with Gasteiger partial charge in [-0.2, -0.15) is 10.2 Å². The molecule has 0 saturated carbocycles. The van der Waals surface area contributed by atoms with Gasteiger partial charge < -0.3 is 10.1 Å². The van der Waals surface area contributed by atoms with Crippen molar-refractivity contribution < 1.29 is 4.74 Å². The Kier molecular flexibility index (Phi) is 2.29. The van der Waals surface area contributed by atoms with Crippen LogP contribution in [-0.4, -0.2) is 29.2 Å². The number of hydrogen-bond donors (Lipinski definition) is 1. The van der Waals surface area contributed by atoms with Crippen molar-refractivity contribution in [3.63, 3.8) is 0 Å². The fourth-order valence-electron chi connectivity index (χ4n) is 1.17. The van der Waals surface area contributed by atoms with Crippen molar-refractivity contribution in [2.24, 2.45) is 0 Å². The molecule has 0 unspecified atom stereocenters. The molecular formula is C9H10N4O. The average Bonchev–Trinajstić information content (AvgIpc) is 2.10. The molecule has 5 heteroatoms. The lowest BCUT2D eigenvalue weighted by molar-refractivity contribution is 0.135. The van der Waals surface area contributed by atoms with Crippen LogP contribution in [-0.2, 0) is 0 Å². The van der Waals surface area contributed by atoms with E-state index < -0.39 is 0 Å². The molecule has 2 rings (SSSR count). The number of ether oxygens (including phenoxy) is 1. The molecule has 2 heterocycles. The maximum Gasteiger partial charge on any atom is 0.218 e. The summed E-state index contributed by atoms with van der Waals surface area (Å²) in [5.41, 5.74) is 0.347. The van der Waals surface area contributed by atoms with E-state index in [0.717, 1.165) is 13.1 Å². The molecule has 1 saturated heterocycles. The number of aromatic nitrogens is 2. The third-order valence-corrected chi connectivity index (χ3v) is 1.96. The molecule has 14 heavy (non-hydrogen) atoms. The second-order valence-corrected chi connectivity index (χ2v) is 3.15. The largest absolute Gasteiger partial charge is 0.472 e. The van der Waals surface area contributed by atoms with Crippen LogP contribution in [0, 0.1) is 18.3 Å². The van der Waals surface area contributed by atoms with Gasteiger partial charge in [0, 0.05) is 19.2 Å². The average molecular weight is 190 g/mol. The lowest BCUT2D eigenvalue weighted by Crippen LogP contribution is -2.50. The predicted molar refractivity (Wildman–Crippen MR) is 48.8 cm³/mol. The Morgan fingerprint density at radius 3 is 2.93 bits per heavy atom. The van der Waals surface area contributed by atoms with Gasteiger partial charge in [0.15, 0.2) is 0 Å². The summed E-state index contributed by atoms with van der Waals surface area (Å²) in [7, 11) is 0. The van der Waals surface area contributed by atoms with Gasteiger partial charge in [0.25, 0.3) is 0 Å². The minimum atomic E-state index is 0.177. The van der Waals surface area contributed by atoms with Crippen LogP contribution in [0.3, 0.4) is 0 Å². The molecule has 1 fully saturated rings. The van der Waals surface area contributed by atoms with Crippen molar-refractivity contribution in [3.8, 4) is 11.9 Å². The van der Waals surface area contributed by atoms with E-state index in [-0.39, 0.29) is 6.10 Å². The molecule has 1 aromatic heterocycles. The highest BCUT2D eigenvalue weighted by atomic mass is 16.5. The van der Waals surface area contributed by atoms with Gasteiger partial charge in [-0.15, -0.1) is 0 Å². The van der Waals surface area contributed by atoms with Crippen LogP contribution in [0.5, 0.6) is 5.88 Å². The van der Waals surface area contributed by atoms with Crippen molar-refractivity contribution in [1.29, 1.82) is 5.26 Å². The summed E-state index contributed by atoms with van der Waals surface area (Å²) < 4.78 is 5.51. The fourth-order valence-corrected chi connectivity index (χ4v) is 1.17. The molecule has 0 amide bonds. The summed E-state index contributed by atoms with van der Waals surface area (Å²) in [5.74, 6) is 1.05. The smallest absolute Gasteiger partial charge is 0.218 e. The molecule has 0 aromatic carbocycles. The van der Waals surface area contributed by atoms with Crippen LogP contribution in [0.15, 0.2) is 6.07 Å². The van der Waals surface area contributed by atoms with Gasteiger partial charge in [0.2, 0.25) is 5.88 Å². The Morgan fingerprint density at radius 1 is 1.57 bits per heavy atom. The van der Waals surface area contributed by atoms with Crippen molar-refractivity contribution in [3.05, 3.63) is 17.6 Å². The van der Waals surface area contributed by atoms with E-state index in [1.165, 1.54) is 0 Å². The highest BCUT2D eigenvalue weighted by Crippen LogP contribution is 2.12. The van der Waals surface area contributed by atoms with Crippen molar-refractivity contribution in [1.82, 2.24) is 15.3 Å². The zero-order valence-corrected chi connectivity index (χ0v) is 7.82. The number of hydrogen-bond acceptors (Lipinski definition) is 5. The monoisotopic (exact) mass is 190 g/mol. The lowest BCUT2D eigenvalue weighted by Gasteiger charge is -2.27. The van der Waals surface area contributed by atoms with E-state index in [4.69, 9.17) is 10.00 Å². The number of rotatable bonds is 2. The number of aryl methyl sites for hydroxylation is 1. The Morgan fingerprint density at radius 2 is 2.36 bits per heavy atom. The summed E-state index contributed by atoms with van der Waals surface area (Å²) in [6.45, 7) is 3.42. The molecular weight excluding hydrogens is 180 g/mol. The van der Waals surface area contributed by atoms with Crippen molar-refractivity contribution in [2.45, 2.75) is 13.0 Å². The van der Waals surface area contributed by atoms with Crippen molar-refractivity contribution >= 4 is 0 Å². The summed E-state index contributed by atoms with van der Waals surface area (Å²) in [6.07, 6.45) is 0.177. The van der Waals surface area contributed by atoms with Gasteiger partial charge in [-0.3, -0.25) is 0 Å². The number of nitrogens with one attached hydrogen (secondary N) is 1. The van der Waals surface area contributed by atoms with E-state index >= 15 is 0 Å². The topological polar surface area (TPSA) is 70.8 Å². The second-order valence-electron chi connectivity index (χ2n) is 3.15. The minimum absolute atomic E-state index is 0.177. The maximum absolute atomic E-state index is 8.68. The molecule has 0 spiro atoms. The zero-order valence-electron chi connectivity index (χ0n) is 7.82. The van der Waals surface area contributed by atoms with E-state index in [9.17, 15) is 0 Å². The second kappa shape index (κ2) is 3.60. The first-order valence-electron chi connectivity index (χ1n) is 4.41. The first-order chi connectivity index (χ1) is 6.78. The molecule has 0 bridgehead atoms. The van der Waals surface area contributed by atoms with Crippen LogP contribution in [0.25, 0.3) is 0 Å². The summed E-state index contributed by atoms with van der Waals surface area (Å²) in [4.78, 5) is 8.03. The fraction of sp³-hybridized carbons (Fsp3) is 0.444. The molecule has 1 aliphatic rings. The van der Waals surface area contributed by atoms with Gasteiger partial charge in [-0.05, 0) is 6.92 Å². The molecule has 1 N–H and O–H groups in total. The van der Waals surface area contributed by atoms with E-state index in [2.05, 4.69) is 15.3 Å². The van der Waals surface area contributed by atoms with Gasteiger partial charge in [0.05, 0.1) is 0 Å². The van der Waals surface area contributed by atoms with Gasteiger partial charge >= 0.3 is 0 Å². The Balaban J connectivity index is 2.16. The maximum atomic E-state index is 8.68. The molecule has 0 aliphatic carbocycles. The van der Waals surface area contributed by atoms with E-state index in [1.807, 2.05) is 6.07 Å². The van der Waals surface area contributed by atoms with Crippen LogP contribution in [0.2, 0.25) is 0 Å². The quantitative estimate of drug-likeness (QED) is 0.711. The highest BCUT2D eigenvalue weighted by molar-refractivity contribution is 5.26. The third kappa shape index (κ3) is 1.80. The molecule has 0 radical (unpaired) electrons. The van der Waals surface area contributed by atoms with Gasteiger partial charge in [-0.1, -0.05) is 0 Å². The minimum Gasteiger partial charge on any atom is -0.472 e. The molecule has 72 valence electrons. The van der Waals surface area contributed by atoms with Crippen LogP contribution in [0.1, 0.15) is 11.5 Å². The Labute approximate surface area is 81.7 Å². The number of nitriles is 1. The third-order valence-electron chi connectivity index (χ3n) is 1.96. The molecule has 0 atom stereocenters. The summed E-state index contributed by atoms with van der Waals surface area (Å²) >= 11 is 0. The summed E-state index contributed by atoms with van der Waals surface area (Å²) in [5, 5.41) is 11.8. The standard InChI is InChI=1S/C9H10N4O/c1-6-12-7(3-10)2-9(13-6)14-8-4-11-5-8/h2,8,11H,4-5H2,1H3. The Hall–Kier alpha value is -1.67. The molecule has 1 aliphatic heterocycles. The van der Waals surface area contributed by atoms with E-state index in [0.29, 0.717) is 17.4 Å². The van der Waals surface area contributed by atoms with Crippen molar-refractivity contribution in [2.75, 3.05) is 13.1 Å². The van der Waals surface area contributed by atoms with E-state index in [1.54, 1.807) is 13.0 Å². The van der Waals surface area contributed by atoms with Gasteiger partial charge in [0.1, 0.15) is 23.7 Å². The molecule has 5 nitrogen and oxygen atoms in total. The zero-order chi connectivity index (χ0) is 9.97. The van der Waals surface area contributed by atoms with Crippen LogP contribution in [0.4, 0.5) is 0 Å². The predicted octanol–water partition coefficient (Wildman–Crippen LogP) is 0.00730. The lowest BCUT2D eigenvalue weighted by atomic mass is 10.2. The summed E-state index contributed by atoms with van der Waals surface area (Å²) in [6, 6.07) is 3.53. The first kappa shape index (κ1) is 8.91. The number of nitrogens with zero attached hydrogens (tertiary/aromatic N) is 3. The SMILES string of the molecule is Cc1nc(C#N)cc(OC2CNC2)n1. The highest BCUT2D eigenvalue weighted by Gasteiger charge is 2.19.